The average molecular weight is 213 g/mol. The van der Waals surface area contributed by atoms with Gasteiger partial charge in [0.05, 0.1) is 12.0 Å². The lowest BCUT2D eigenvalue weighted by atomic mass is 10.1. The van der Waals surface area contributed by atoms with Gasteiger partial charge in [0, 0.05) is 5.56 Å². The van der Waals surface area contributed by atoms with Crippen molar-refractivity contribution in [2.24, 2.45) is 0 Å². The van der Waals surface area contributed by atoms with E-state index in [1.165, 1.54) is 18.5 Å². The van der Waals surface area contributed by atoms with Gasteiger partial charge < -0.3 is 10.1 Å². The van der Waals surface area contributed by atoms with Crippen LogP contribution in [0.25, 0.3) is 11.3 Å². The molecule has 1 aromatic carbocycles. The lowest BCUT2D eigenvalue weighted by Gasteiger charge is -2.02. The number of phenolic OH excluding ortho intramolecular Hbond substituents is 1. The molecule has 2 rings (SSSR count). The number of aromatic hydroxyl groups is 1. The van der Waals surface area contributed by atoms with Crippen LogP contribution in [-0.2, 0) is 0 Å². The van der Waals surface area contributed by atoms with Crippen molar-refractivity contribution in [3.05, 3.63) is 46.5 Å². The molecular formula is C11H7N3O2. The highest BCUT2D eigenvalue weighted by Gasteiger charge is 2.10. The molecular weight excluding hydrogens is 206 g/mol. The van der Waals surface area contributed by atoms with Crippen molar-refractivity contribution >= 4 is 0 Å². The molecule has 1 heterocycles. The summed E-state index contributed by atoms with van der Waals surface area (Å²) in [5.74, 6) is 0.0588. The molecule has 1 aromatic heterocycles. The van der Waals surface area contributed by atoms with Crippen molar-refractivity contribution in [3.8, 4) is 23.1 Å². The van der Waals surface area contributed by atoms with Gasteiger partial charge >= 0.3 is 0 Å². The highest BCUT2D eigenvalue weighted by molar-refractivity contribution is 5.66. The molecule has 5 nitrogen and oxygen atoms in total. The summed E-state index contributed by atoms with van der Waals surface area (Å²) in [4.78, 5) is 17.6. The highest BCUT2D eigenvalue weighted by Crippen LogP contribution is 2.22. The summed E-state index contributed by atoms with van der Waals surface area (Å²) in [6.07, 6.45) is 1.22. The molecule has 16 heavy (non-hydrogen) atoms. The topological polar surface area (TPSA) is 89.8 Å². The minimum atomic E-state index is -0.490. The maximum Gasteiger partial charge on any atom is 0.269 e. The zero-order valence-corrected chi connectivity index (χ0v) is 8.14. The number of benzene rings is 1. The fraction of sp³-hybridized carbons (Fsp3) is 0. The maximum absolute atomic E-state index is 11.3. The molecule has 2 aromatic rings. The number of H-pyrrole nitrogens is 1. The first kappa shape index (κ1) is 9.93. The number of nitrogens with one attached hydrogen (secondary N) is 1. The van der Waals surface area contributed by atoms with Crippen LogP contribution >= 0.6 is 0 Å². The molecule has 0 unspecified atom stereocenters. The van der Waals surface area contributed by atoms with Crippen molar-refractivity contribution in [2.75, 3.05) is 0 Å². The molecule has 5 heteroatoms. The highest BCUT2D eigenvalue weighted by atomic mass is 16.3. The fourth-order valence-electron chi connectivity index (χ4n) is 1.38. The lowest BCUT2D eigenvalue weighted by molar-refractivity contribution is 0.475. The van der Waals surface area contributed by atoms with Gasteiger partial charge in [-0.05, 0) is 12.1 Å². The molecule has 0 aliphatic carbocycles. The molecule has 78 valence electrons. The maximum atomic E-state index is 11.3. The summed E-state index contributed by atoms with van der Waals surface area (Å²) in [6, 6.07) is 8.03. The van der Waals surface area contributed by atoms with Crippen LogP contribution in [-0.4, -0.2) is 15.1 Å². The first-order chi connectivity index (χ1) is 7.72. The quantitative estimate of drug-likeness (QED) is 0.739. The molecule has 0 bridgehead atoms. The molecule has 0 saturated heterocycles. The van der Waals surface area contributed by atoms with Crippen LogP contribution in [0.5, 0.6) is 5.75 Å². The molecule has 0 spiro atoms. The van der Waals surface area contributed by atoms with Gasteiger partial charge in [-0.3, -0.25) is 4.79 Å². The number of nitrogens with zero attached hydrogens (tertiary/aromatic N) is 2. The molecule has 0 atom stereocenters. The van der Waals surface area contributed by atoms with E-state index in [-0.39, 0.29) is 17.0 Å². The Morgan fingerprint density at radius 2 is 2.25 bits per heavy atom. The standard InChI is InChI=1S/C11H7N3O2/c12-5-9-10(13-6-14-11(9)16)7-2-1-3-8(15)4-7/h1-4,6,15H,(H,13,14,16). The summed E-state index contributed by atoms with van der Waals surface area (Å²) in [5.41, 5.74) is 0.244. The van der Waals surface area contributed by atoms with Crippen LogP contribution in [0.15, 0.2) is 35.4 Å². The monoisotopic (exact) mass is 213 g/mol. The Hall–Kier alpha value is -2.61. The van der Waals surface area contributed by atoms with Gasteiger partial charge in [0.15, 0.2) is 0 Å². The number of nitriles is 1. The first-order valence-electron chi connectivity index (χ1n) is 4.49. The predicted octanol–water partition coefficient (Wildman–Crippen LogP) is 1.01. The molecule has 0 saturated carbocycles. The zero-order valence-electron chi connectivity index (χ0n) is 8.14. The van der Waals surface area contributed by atoms with Crippen molar-refractivity contribution in [2.45, 2.75) is 0 Å². The SMILES string of the molecule is N#Cc1c(-c2cccc(O)c2)nc[nH]c1=O. The second-order valence-electron chi connectivity index (χ2n) is 3.12. The van der Waals surface area contributed by atoms with E-state index in [9.17, 15) is 9.90 Å². The third-order valence-electron chi connectivity index (χ3n) is 2.08. The van der Waals surface area contributed by atoms with Gasteiger partial charge in [-0.2, -0.15) is 5.26 Å². The second kappa shape index (κ2) is 3.87. The van der Waals surface area contributed by atoms with Crippen molar-refractivity contribution in [1.29, 1.82) is 5.26 Å². The van der Waals surface area contributed by atoms with E-state index in [1.807, 2.05) is 0 Å². The van der Waals surface area contributed by atoms with Crippen LogP contribution in [0.1, 0.15) is 5.56 Å². The summed E-state index contributed by atoms with van der Waals surface area (Å²) in [5, 5.41) is 18.2. The Kier molecular flexibility index (Phi) is 2.40. The second-order valence-corrected chi connectivity index (χ2v) is 3.12. The van der Waals surface area contributed by atoms with Gasteiger partial charge in [0.2, 0.25) is 0 Å². The minimum Gasteiger partial charge on any atom is -0.508 e. The molecule has 0 radical (unpaired) electrons. The van der Waals surface area contributed by atoms with Crippen LogP contribution in [0.4, 0.5) is 0 Å². The summed E-state index contributed by atoms with van der Waals surface area (Å²) >= 11 is 0. The number of phenols is 1. The first-order valence-corrected chi connectivity index (χ1v) is 4.49. The van der Waals surface area contributed by atoms with Gasteiger partial charge in [-0.1, -0.05) is 12.1 Å². The van der Waals surface area contributed by atoms with Crippen LogP contribution in [0.3, 0.4) is 0 Å². The largest absolute Gasteiger partial charge is 0.508 e. The smallest absolute Gasteiger partial charge is 0.269 e. The average Bonchev–Trinajstić information content (AvgIpc) is 2.28. The van der Waals surface area contributed by atoms with Gasteiger partial charge in [-0.15, -0.1) is 0 Å². The van der Waals surface area contributed by atoms with E-state index in [4.69, 9.17) is 5.26 Å². The molecule has 2 N–H and O–H groups in total. The summed E-state index contributed by atoms with van der Waals surface area (Å²) in [6.45, 7) is 0. The van der Waals surface area contributed by atoms with Gasteiger partial charge in [0.1, 0.15) is 17.4 Å². The van der Waals surface area contributed by atoms with E-state index in [0.717, 1.165) is 0 Å². The van der Waals surface area contributed by atoms with Gasteiger partial charge in [0.25, 0.3) is 5.56 Å². The normalized spacial score (nSPS) is 9.69. The van der Waals surface area contributed by atoms with Crippen LogP contribution in [0.2, 0.25) is 0 Å². The number of hydrogen-bond acceptors (Lipinski definition) is 4. The van der Waals surface area contributed by atoms with Crippen LogP contribution in [0, 0.1) is 11.3 Å². The number of hydrogen-bond donors (Lipinski definition) is 2. The number of aromatic amines is 1. The Bertz CT molecular complexity index is 626. The van der Waals surface area contributed by atoms with E-state index >= 15 is 0 Å². The lowest BCUT2D eigenvalue weighted by Crippen LogP contribution is -2.12. The molecule has 0 fully saturated rings. The predicted molar refractivity (Wildman–Crippen MR) is 56.7 cm³/mol. The Morgan fingerprint density at radius 3 is 2.94 bits per heavy atom. The summed E-state index contributed by atoms with van der Waals surface area (Å²) in [7, 11) is 0. The Morgan fingerprint density at radius 1 is 1.44 bits per heavy atom. The van der Waals surface area contributed by atoms with Crippen LogP contribution < -0.4 is 5.56 Å². The van der Waals surface area contributed by atoms with Crippen molar-refractivity contribution in [1.82, 2.24) is 9.97 Å². The number of aromatic nitrogens is 2. The third-order valence-corrected chi connectivity index (χ3v) is 2.08. The van der Waals surface area contributed by atoms with E-state index in [0.29, 0.717) is 5.56 Å². The minimum absolute atomic E-state index is 0.0588. The van der Waals surface area contributed by atoms with E-state index < -0.39 is 5.56 Å². The zero-order chi connectivity index (χ0) is 11.5. The van der Waals surface area contributed by atoms with Gasteiger partial charge in [-0.25, -0.2) is 4.98 Å². The Balaban J connectivity index is 2.71. The van der Waals surface area contributed by atoms with E-state index in [2.05, 4.69) is 9.97 Å². The Labute approximate surface area is 90.6 Å². The molecule has 0 amide bonds. The fourth-order valence-corrected chi connectivity index (χ4v) is 1.38. The number of rotatable bonds is 1. The molecule has 0 aliphatic rings. The summed E-state index contributed by atoms with van der Waals surface area (Å²) < 4.78 is 0. The van der Waals surface area contributed by atoms with E-state index in [1.54, 1.807) is 18.2 Å². The van der Waals surface area contributed by atoms with Crippen molar-refractivity contribution in [3.63, 3.8) is 0 Å². The third kappa shape index (κ3) is 1.64. The molecule has 0 aliphatic heterocycles. The van der Waals surface area contributed by atoms with Crippen molar-refractivity contribution < 1.29 is 5.11 Å².